The van der Waals surface area contributed by atoms with Crippen LogP contribution >= 0.6 is 0 Å². The Bertz CT molecular complexity index is 119. The van der Waals surface area contributed by atoms with Crippen molar-refractivity contribution in [3.8, 4) is 0 Å². The first-order chi connectivity index (χ1) is 5.08. The maximum atomic E-state index is 6.95. The summed E-state index contributed by atoms with van der Waals surface area (Å²) in [6.07, 6.45) is 1.61. The molecule has 0 atom stereocenters. The number of ether oxygens (including phenoxy) is 1. The van der Waals surface area contributed by atoms with Gasteiger partial charge in [0.1, 0.15) is 0 Å². The van der Waals surface area contributed by atoms with Crippen LogP contribution < -0.4 is 5.32 Å². The lowest BCUT2D eigenvalue weighted by molar-refractivity contribution is 0.0799. The minimum absolute atomic E-state index is 0.108. The molecule has 1 aliphatic heterocycles. The second-order valence-corrected chi connectivity index (χ2v) is 2.03. The van der Waals surface area contributed by atoms with Crippen molar-refractivity contribution in [2.45, 2.75) is 18.9 Å². The van der Waals surface area contributed by atoms with Crippen molar-refractivity contribution in [2.24, 2.45) is 0 Å². The van der Waals surface area contributed by atoms with Gasteiger partial charge in [-0.15, -0.1) is 0 Å². The zero-order chi connectivity index (χ0) is 8.32. The fourth-order valence-corrected chi connectivity index (χ4v) is 0.842. The smallest absolute Gasteiger partial charge is 0.0480 e. The van der Waals surface area contributed by atoms with Gasteiger partial charge in [-0.05, 0) is 19.8 Å². The maximum absolute atomic E-state index is 6.95. The summed E-state index contributed by atoms with van der Waals surface area (Å²) in [6, 6.07) is 0.108. The van der Waals surface area contributed by atoms with Crippen LogP contribution in [-0.2, 0) is 4.74 Å². The lowest BCUT2D eigenvalue weighted by Crippen LogP contribution is -2.31. The fraction of sp³-hybridized carbons (Fsp3) is 1.00. The molecular formula is C6H13NO. The zero-order valence-corrected chi connectivity index (χ0v) is 4.81. The summed E-state index contributed by atoms with van der Waals surface area (Å²) in [7, 11) is 0. The minimum atomic E-state index is -2.00. The van der Waals surface area contributed by atoms with Gasteiger partial charge < -0.3 is 10.1 Å². The molecule has 0 aromatic heterocycles. The van der Waals surface area contributed by atoms with Gasteiger partial charge in [0, 0.05) is 23.4 Å². The Labute approximate surface area is 54.4 Å². The molecule has 0 unspecified atom stereocenters. The third-order valence-corrected chi connectivity index (χ3v) is 1.43. The van der Waals surface area contributed by atoms with E-state index in [1.54, 1.807) is 0 Å². The van der Waals surface area contributed by atoms with E-state index < -0.39 is 6.98 Å². The van der Waals surface area contributed by atoms with Crippen LogP contribution in [0.3, 0.4) is 0 Å². The van der Waals surface area contributed by atoms with Crippen molar-refractivity contribution in [3.63, 3.8) is 0 Å². The average molecular weight is 118 g/mol. The van der Waals surface area contributed by atoms with Crippen molar-refractivity contribution in [3.05, 3.63) is 0 Å². The molecule has 1 rings (SSSR count). The molecule has 0 amide bonds. The summed E-state index contributed by atoms with van der Waals surface area (Å²) >= 11 is 0. The van der Waals surface area contributed by atoms with Gasteiger partial charge in [-0.1, -0.05) is 0 Å². The topological polar surface area (TPSA) is 21.3 Å². The van der Waals surface area contributed by atoms with Gasteiger partial charge in [0.05, 0.1) is 0 Å². The first-order valence-corrected chi connectivity index (χ1v) is 2.93. The van der Waals surface area contributed by atoms with Crippen LogP contribution in [0.1, 0.15) is 17.0 Å². The van der Waals surface area contributed by atoms with Gasteiger partial charge in [-0.25, -0.2) is 0 Å². The van der Waals surface area contributed by atoms with Crippen LogP contribution in [0.25, 0.3) is 0 Å². The summed E-state index contributed by atoms with van der Waals surface area (Å²) in [6.45, 7) is -0.649. The molecule has 1 saturated heterocycles. The van der Waals surface area contributed by atoms with Gasteiger partial charge >= 0.3 is 0 Å². The van der Waals surface area contributed by atoms with E-state index in [0.717, 1.165) is 12.8 Å². The first kappa shape index (κ1) is 3.18. The molecule has 2 nitrogen and oxygen atoms in total. The fourth-order valence-electron chi connectivity index (χ4n) is 0.842. The summed E-state index contributed by atoms with van der Waals surface area (Å²) in [5.74, 6) is 0. The van der Waals surface area contributed by atoms with Crippen LogP contribution in [0.4, 0.5) is 0 Å². The second-order valence-electron chi connectivity index (χ2n) is 2.03. The molecule has 48 valence electrons. The Morgan fingerprint density at radius 1 is 1.62 bits per heavy atom. The number of hydrogen-bond acceptors (Lipinski definition) is 2. The zero-order valence-electron chi connectivity index (χ0n) is 7.81. The number of nitrogens with one attached hydrogen (secondary N) is 1. The Morgan fingerprint density at radius 3 is 3.00 bits per heavy atom. The summed E-state index contributed by atoms with van der Waals surface area (Å²) in [5.41, 5.74) is 0. The predicted molar refractivity (Wildman–Crippen MR) is 32.9 cm³/mol. The second kappa shape index (κ2) is 3.05. The van der Waals surface area contributed by atoms with Crippen LogP contribution in [0.5, 0.6) is 0 Å². The molecule has 1 heterocycles. The highest BCUT2D eigenvalue weighted by Gasteiger charge is 2.09. The monoisotopic (exact) mass is 118 g/mol. The van der Waals surface area contributed by atoms with Crippen LogP contribution in [0.15, 0.2) is 0 Å². The molecular weight excluding hydrogens is 102 g/mol. The summed E-state index contributed by atoms with van der Waals surface area (Å²) in [4.78, 5) is 0. The van der Waals surface area contributed by atoms with Crippen LogP contribution in [0.2, 0.25) is 0 Å². The van der Waals surface area contributed by atoms with Gasteiger partial charge in [0.2, 0.25) is 0 Å². The van der Waals surface area contributed by atoms with E-state index in [9.17, 15) is 0 Å². The summed E-state index contributed by atoms with van der Waals surface area (Å²) < 4.78 is 25.9. The van der Waals surface area contributed by atoms with Crippen molar-refractivity contribution in [1.29, 1.82) is 0 Å². The standard InChI is InChI=1S/C6H13NO/c1-7-6-2-4-8-5-3-6/h6-7H,2-5H2,1H3/i1D3. The van der Waals surface area contributed by atoms with Gasteiger partial charge in [-0.2, -0.15) is 0 Å². The molecule has 1 N–H and O–H groups in total. The third-order valence-electron chi connectivity index (χ3n) is 1.43. The largest absolute Gasteiger partial charge is 0.381 e. The van der Waals surface area contributed by atoms with Crippen molar-refractivity contribution in [2.75, 3.05) is 20.2 Å². The van der Waals surface area contributed by atoms with Crippen LogP contribution in [0, 0.1) is 0 Å². The van der Waals surface area contributed by atoms with Crippen molar-refractivity contribution >= 4 is 0 Å². The average Bonchev–Trinajstić information content (AvgIpc) is 1.85. The van der Waals surface area contributed by atoms with Crippen molar-refractivity contribution in [1.82, 2.24) is 5.32 Å². The van der Waals surface area contributed by atoms with Gasteiger partial charge in [0.25, 0.3) is 0 Å². The molecule has 1 aliphatic rings. The molecule has 0 spiro atoms. The lowest BCUT2D eigenvalue weighted by Gasteiger charge is -2.20. The molecule has 1 fully saturated rings. The predicted octanol–water partition coefficient (Wildman–Crippen LogP) is 0.385. The van der Waals surface area contributed by atoms with Crippen molar-refractivity contribution < 1.29 is 8.85 Å². The Kier molecular flexibility index (Phi) is 1.21. The van der Waals surface area contributed by atoms with Gasteiger partial charge in [-0.3, -0.25) is 0 Å². The molecule has 0 bridgehead atoms. The number of hydrogen-bond donors (Lipinski definition) is 1. The third kappa shape index (κ3) is 1.46. The summed E-state index contributed by atoms with van der Waals surface area (Å²) in [5, 5.41) is 2.58. The van der Waals surface area contributed by atoms with E-state index >= 15 is 0 Å². The highest BCUT2D eigenvalue weighted by molar-refractivity contribution is 4.66. The Balaban J connectivity index is 2.24. The molecule has 8 heavy (non-hydrogen) atoms. The molecule has 0 saturated carbocycles. The van der Waals surface area contributed by atoms with E-state index in [-0.39, 0.29) is 6.04 Å². The van der Waals surface area contributed by atoms with E-state index in [2.05, 4.69) is 5.32 Å². The molecule has 2 heteroatoms. The van der Waals surface area contributed by atoms with E-state index in [0.29, 0.717) is 13.2 Å². The molecule has 0 aromatic rings. The molecule has 0 aliphatic carbocycles. The quantitative estimate of drug-likeness (QED) is 0.537. The Morgan fingerprint density at radius 2 is 2.38 bits per heavy atom. The molecule has 0 radical (unpaired) electrons. The number of rotatable bonds is 1. The maximum Gasteiger partial charge on any atom is 0.0480 e. The lowest BCUT2D eigenvalue weighted by atomic mass is 10.1. The first-order valence-electron chi connectivity index (χ1n) is 4.43. The highest BCUT2D eigenvalue weighted by atomic mass is 16.5. The highest BCUT2D eigenvalue weighted by Crippen LogP contribution is 2.04. The van der Waals surface area contributed by atoms with E-state index in [4.69, 9.17) is 8.85 Å². The normalized spacial score (nSPS) is 30.8. The Hall–Kier alpha value is -0.0800. The van der Waals surface area contributed by atoms with Gasteiger partial charge in [0.15, 0.2) is 0 Å². The van der Waals surface area contributed by atoms with E-state index in [1.165, 1.54) is 0 Å². The minimum Gasteiger partial charge on any atom is -0.381 e. The molecule has 0 aromatic carbocycles. The van der Waals surface area contributed by atoms with Crippen LogP contribution in [-0.4, -0.2) is 26.2 Å². The van der Waals surface area contributed by atoms with E-state index in [1.807, 2.05) is 0 Å². The SMILES string of the molecule is [2H]C([2H])([2H])NC1CCOCC1.